The lowest BCUT2D eigenvalue weighted by molar-refractivity contribution is -0.155. The maximum atomic E-state index is 13.5. The lowest BCUT2D eigenvalue weighted by atomic mass is 9.98. The molecule has 0 bridgehead atoms. The number of carbonyl (C=O) groups excluding carboxylic acids is 2. The number of piperazine rings is 2. The fraction of sp³-hybridized carbons (Fsp3) is 0.558. The van der Waals surface area contributed by atoms with E-state index in [4.69, 9.17) is 0 Å². The molecule has 372 valence electrons. The van der Waals surface area contributed by atoms with Crippen molar-refractivity contribution in [2.24, 2.45) is 11.8 Å². The summed E-state index contributed by atoms with van der Waals surface area (Å²) >= 11 is 2.21. The van der Waals surface area contributed by atoms with E-state index in [9.17, 15) is 57.5 Å². The van der Waals surface area contributed by atoms with Gasteiger partial charge in [-0.05, 0) is 99.5 Å². The Hall–Kier alpha value is -4.36. The molecule has 4 saturated heterocycles. The standard InChI is InChI=1S/C23H27F3N4O2S2.C20H21F6N3O3S2/c1-34(32)10-6-16(7-11-34)21(31)30-9-8-29(22-27-12-17(13-28-22)23(24,25)26)14-18(30)20-5-4-19(33-20)15-2-3-15;1-34(31)8-4-12(5-9-34)18(30)29-7-6-28(17-10-15(32-27-17)19(21,22)23)11-13(29)14-2-3-16(33-14)20(24,25)26/h4-5,12-13,15-16,18H,1-3,6-11,14H2;2-3,10,12-13H,1,4-9,11H2. The number of hydrogen-bond acceptors (Lipinski definition) is 12. The molecule has 8 heterocycles. The minimum absolute atomic E-state index is 0.0494. The van der Waals surface area contributed by atoms with E-state index in [1.54, 1.807) is 11.3 Å². The minimum Gasteiger partial charge on any atom is -0.350 e. The van der Waals surface area contributed by atoms with Gasteiger partial charge in [0, 0.05) is 107 Å². The molecule has 4 aliphatic heterocycles. The summed E-state index contributed by atoms with van der Waals surface area (Å²) in [5, 5.41) is 3.47. The van der Waals surface area contributed by atoms with Crippen LogP contribution in [-0.2, 0) is 47.2 Å². The topological polar surface area (TPSA) is 133 Å². The third kappa shape index (κ3) is 11.6. The molecule has 12 nitrogen and oxygen atoms in total. The zero-order chi connectivity index (χ0) is 49.0. The van der Waals surface area contributed by atoms with Crippen LogP contribution in [0, 0.1) is 11.8 Å². The van der Waals surface area contributed by atoms with E-state index in [1.807, 2.05) is 9.80 Å². The smallest absolute Gasteiger partial charge is 0.350 e. The monoisotopic (exact) mass is 1040 g/mol. The van der Waals surface area contributed by atoms with Gasteiger partial charge < -0.3 is 24.1 Å². The number of nitrogens with zero attached hydrogens (tertiary/aromatic N) is 7. The van der Waals surface area contributed by atoms with Gasteiger partial charge in [-0.15, -0.1) is 22.7 Å². The number of carbonyl (C=O) groups is 2. The molecule has 9 rings (SSSR count). The third-order valence-electron chi connectivity index (χ3n) is 12.9. The van der Waals surface area contributed by atoms with Crippen LogP contribution in [0.5, 0.6) is 0 Å². The molecule has 0 N–H and O–H groups in total. The molecule has 1 saturated carbocycles. The quantitative estimate of drug-likeness (QED) is 0.132. The van der Waals surface area contributed by atoms with Gasteiger partial charge in [0.2, 0.25) is 23.5 Å². The van der Waals surface area contributed by atoms with Crippen molar-refractivity contribution in [3.05, 3.63) is 73.6 Å². The maximum Gasteiger partial charge on any atom is 0.452 e. The highest BCUT2D eigenvalue weighted by molar-refractivity contribution is 8.00. The Kier molecular flexibility index (Phi) is 14.1. The van der Waals surface area contributed by atoms with Gasteiger partial charge in [0.25, 0.3) is 0 Å². The molecule has 25 heteroatoms. The Bertz CT molecular complexity index is 2650. The SMILES string of the molecule is C=S1(=O)CCC(C(=O)N2CCN(c3cc(C(F)(F)F)on3)CC2c2ccc(C(F)(F)F)s2)CC1.C=S1(=O)CCC(C(=O)N2CCN(c3ncc(C(F)(F)F)cn3)CC2c2ccc(C3CC3)s2)CC1. The molecule has 0 aromatic carbocycles. The predicted molar refractivity (Wildman–Crippen MR) is 243 cm³/mol. The number of rotatable bonds is 7. The number of halogens is 9. The highest BCUT2D eigenvalue weighted by Gasteiger charge is 2.43. The Morgan fingerprint density at radius 1 is 0.632 bits per heavy atom. The fourth-order valence-electron chi connectivity index (χ4n) is 8.85. The number of amides is 2. The molecule has 2 amide bonds. The normalized spacial score (nSPS) is 27.4. The first kappa shape index (κ1) is 50.0. The summed E-state index contributed by atoms with van der Waals surface area (Å²) in [5.41, 5.74) is -0.881. The molecular weight excluding hydrogens is 994 g/mol. The van der Waals surface area contributed by atoms with E-state index in [0.717, 1.165) is 29.4 Å². The van der Waals surface area contributed by atoms with Crippen LogP contribution in [0.15, 0.2) is 47.2 Å². The van der Waals surface area contributed by atoms with Gasteiger partial charge >= 0.3 is 18.5 Å². The molecule has 2 atom stereocenters. The van der Waals surface area contributed by atoms with Crippen molar-refractivity contribution < 1.29 is 62.0 Å². The average molecular weight is 1040 g/mol. The van der Waals surface area contributed by atoms with Crippen molar-refractivity contribution >= 4 is 77.0 Å². The van der Waals surface area contributed by atoms with Gasteiger partial charge in [-0.2, -0.15) is 39.5 Å². The summed E-state index contributed by atoms with van der Waals surface area (Å²) < 4.78 is 146. The highest BCUT2D eigenvalue weighted by Crippen LogP contribution is 2.46. The van der Waals surface area contributed by atoms with Crippen LogP contribution < -0.4 is 9.80 Å². The third-order valence-corrected chi connectivity index (χ3v) is 19.4. The molecule has 4 aromatic heterocycles. The van der Waals surface area contributed by atoms with Crippen molar-refractivity contribution in [1.82, 2.24) is 24.9 Å². The average Bonchev–Trinajstić information content (AvgIpc) is 3.63. The zero-order valence-corrected chi connectivity index (χ0v) is 39.6. The Balaban J connectivity index is 0.000000184. The molecule has 68 heavy (non-hydrogen) atoms. The van der Waals surface area contributed by atoms with Crippen molar-refractivity contribution in [2.45, 2.75) is 75.1 Å². The Morgan fingerprint density at radius 3 is 1.59 bits per heavy atom. The molecular formula is C43H48F9N7O5S4. The number of thiophene rings is 2. The van der Waals surface area contributed by atoms with Crippen LogP contribution in [-0.4, -0.2) is 119 Å². The lowest BCUT2D eigenvalue weighted by Crippen LogP contribution is -2.53. The largest absolute Gasteiger partial charge is 0.452 e. The molecule has 0 spiro atoms. The first-order valence-electron chi connectivity index (χ1n) is 21.8. The van der Waals surface area contributed by atoms with Gasteiger partial charge in [-0.1, -0.05) is 5.16 Å². The van der Waals surface area contributed by atoms with Crippen LogP contribution in [0.1, 0.15) is 87.4 Å². The van der Waals surface area contributed by atoms with E-state index in [-0.39, 0.29) is 60.1 Å². The van der Waals surface area contributed by atoms with E-state index in [0.29, 0.717) is 85.6 Å². The van der Waals surface area contributed by atoms with Crippen molar-refractivity contribution in [3.8, 4) is 0 Å². The zero-order valence-electron chi connectivity index (χ0n) is 36.4. The first-order chi connectivity index (χ1) is 31.8. The predicted octanol–water partition coefficient (Wildman–Crippen LogP) is 8.24. The van der Waals surface area contributed by atoms with Crippen molar-refractivity contribution in [1.29, 1.82) is 0 Å². The summed E-state index contributed by atoms with van der Waals surface area (Å²) in [6, 6.07) is 6.11. The molecule has 5 fully saturated rings. The van der Waals surface area contributed by atoms with Crippen LogP contribution in [0.25, 0.3) is 0 Å². The molecule has 0 radical (unpaired) electrons. The molecule has 2 unspecified atom stereocenters. The molecule has 1 aliphatic carbocycles. The van der Waals surface area contributed by atoms with E-state index in [1.165, 1.54) is 33.6 Å². The number of anilines is 2. The second-order valence-electron chi connectivity index (χ2n) is 17.8. The summed E-state index contributed by atoms with van der Waals surface area (Å²) in [5.74, 6) is 7.66. The van der Waals surface area contributed by atoms with E-state index in [2.05, 4.69) is 43.5 Å². The van der Waals surface area contributed by atoms with E-state index >= 15 is 0 Å². The Labute approximate surface area is 394 Å². The summed E-state index contributed by atoms with van der Waals surface area (Å²) in [6.45, 7) is 1.44. The molecule has 5 aliphatic rings. The van der Waals surface area contributed by atoms with Crippen molar-refractivity contribution in [3.63, 3.8) is 0 Å². The van der Waals surface area contributed by atoms with Gasteiger partial charge in [0.15, 0.2) is 5.82 Å². The summed E-state index contributed by atoms with van der Waals surface area (Å²) in [6.07, 6.45) is -7.90. The second-order valence-corrected chi connectivity index (χ2v) is 25.6. The highest BCUT2D eigenvalue weighted by atomic mass is 32.2. The van der Waals surface area contributed by atoms with Crippen LogP contribution in [0.4, 0.5) is 51.3 Å². The number of aromatic nitrogens is 3. The number of alkyl halides is 9. The summed E-state index contributed by atoms with van der Waals surface area (Å²) in [7, 11) is -4.30. The van der Waals surface area contributed by atoms with Gasteiger partial charge in [-0.3, -0.25) is 18.0 Å². The van der Waals surface area contributed by atoms with E-state index < -0.39 is 65.7 Å². The van der Waals surface area contributed by atoms with Gasteiger partial charge in [0.05, 0.1) is 17.6 Å². The fourth-order valence-corrected chi connectivity index (χ4v) is 14.4. The summed E-state index contributed by atoms with van der Waals surface area (Å²) in [4.78, 5) is 43.3. The maximum absolute atomic E-state index is 13.5. The van der Waals surface area contributed by atoms with Gasteiger partial charge in [0.1, 0.15) is 4.88 Å². The van der Waals surface area contributed by atoms with Gasteiger partial charge in [-0.25, -0.2) is 9.97 Å². The minimum atomic E-state index is -4.73. The Morgan fingerprint density at radius 2 is 1.12 bits per heavy atom. The lowest BCUT2D eigenvalue weighted by Gasteiger charge is -2.43. The second kappa shape index (κ2) is 19.1. The van der Waals surface area contributed by atoms with Crippen LogP contribution >= 0.6 is 22.7 Å². The van der Waals surface area contributed by atoms with Crippen LogP contribution in [0.3, 0.4) is 0 Å². The van der Waals surface area contributed by atoms with Crippen molar-refractivity contribution in [2.75, 3.05) is 72.1 Å². The van der Waals surface area contributed by atoms with Crippen LogP contribution in [0.2, 0.25) is 0 Å². The molecule has 4 aromatic rings. The number of hydrogen-bond donors (Lipinski definition) is 0. The first-order valence-corrected chi connectivity index (χ1v) is 27.6.